The van der Waals surface area contributed by atoms with Gasteiger partial charge in [0.05, 0.1) is 11.0 Å². The van der Waals surface area contributed by atoms with Gasteiger partial charge in [-0.15, -0.1) is 11.3 Å². The smallest absolute Gasteiger partial charge is 0.143 e. The van der Waals surface area contributed by atoms with Crippen molar-refractivity contribution in [2.75, 3.05) is 0 Å². The van der Waals surface area contributed by atoms with Crippen molar-refractivity contribution in [2.45, 2.75) is 12.3 Å². The van der Waals surface area contributed by atoms with E-state index in [0.29, 0.717) is 0 Å². The number of thiophene rings is 1. The summed E-state index contributed by atoms with van der Waals surface area (Å²) >= 11 is 1.84. The average Bonchev–Trinajstić information content (AvgIpc) is 3.96. The van der Waals surface area contributed by atoms with Crippen LogP contribution in [0.3, 0.4) is 0 Å². The van der Waals surface area contributed by atoms with Crippen LogP contribution in [0, 0.1) is 0 Å². The number of furan rings is 1. The Balaban J connectivity index is 0.985. The number of fused-ring (bicyclic) bond motifs is 9. The molecule has 57 heavy (non-hydrogen) atoms. The van der Waals surface area contributed by atoms with Gasteiger partial charge in [-0.3, -0.25) is 5.32 Å². The fourth-order valence-corrected chi connectivity index (χ4v) is 9.95. The molecule has 0 saturated carbocycles. The fourth-order valence-electron chi connectivity index (χ4n) is 8.88. The number of nitrogens with one attached hydrogen (secondary N) is 2. The second kappa shape index (κ2) is 12.8. The Morgan fingerprint density at radius 3 is 2.00 bits per heavy atom. The van der Waals surface area contributed by atoms with E-state index in [1.165, 1.54) is 42.0 Å². The molecule has 2 unspecified atom stereocenters. The van der Waals surface area contributed by atoms with Crippen molar-refractivity contribution in [1.82, 2.24) is 15.2 Å². The number of aromatic nitrogens is 1. The molecule has 0 radical (unpaired) electrons. The molecular weight excluding hydrogens is 717 g/mol. The fraction of sp³-hybridized carbons (Fsp3) is 0.0392. The highest BCUT2D eigenvalue weighted by atomic mass is 32.1. The number of aliphatic imine (C=N–C) groups is 1. The van der Waals surface area contributed by atoms with Crippen LogP contribution in [0.5, 0.6) is 0 Å². The van der Waals surface area contributed by atoms with Gasteiger partial charge in [-0.25, -0.2) is 4.99 Å². The maximum absolute atomic E-state index is 6.84. The molecule has 5 nitrogen and oxygen atoms in total. The number of para-hydroxylation sites is 3. The van der Waals surface area contributed by atoms with Gasteiger partial charge in [-0.05, 0) is 59.7 Å². The molecular formula is C51H34N4OS. The van der Waals surface area contributed by atoms with Crippen LogP contribution < -0.4 is 10.6 Å². The van der Waals surface area contributed by atoms with E-state index in [1.54, 1.807) is 0 Å². The Hall–Kier alpha value is -6.99. The van der Waals surface area contributed by atoms with Crippen molar-refractivity contribution < 1.29 is 4.42 Å². The lowest BCUT2D eigenvalue weighted by molar-refractivity contribution is 0.411. The van der Waals surface area contributed by atoms with E-state index in [4.69, 9.17) is 9.41 Å². The first-order valence-corrected chi connectivity index (χ1v) is 20.2. The number of rotatable bonds is 5. The topological polar surface area (TPSA) is 54.5 Å². The van der Waals surface area contributed by atoms with Crippen LogP contribution in [-0.2, 0) is 0 Å². The molecule has 4 heterocycles. The zero-order valence-corrected chi connectivity index (χ0v) is 31.5. The molecule has 270 valence electrons. The van der Waals surface area contributed by atoms with Crippen molar-refractivity contribution >= 4 is 81.1 Å². The largest absolute Gasteiger partial charge is 0.455 e. The Bertz CT molecular complexity index is 3320. The Labute approximate surface area is 332 Å². The number of hydrogen-bond donors (Lipinski definition) is 2. The molecule has 0 bridgehead atoms. The molecule has 1 aliphatic rings. The average molecular weight is 751 g/mol. The van der Waals surface area contributed by atoms with Gasteiger partial charge in [0.25, 0.3) is 0 Å². The van der Waals surface area contributed by atoms with Gasteiger partial charge in [-0.1, -0.05) is 133 Å². The minimum atomic E-state index is -0.223. The van der Waals surface area contributed by atoms with E-state index in [-0.39, 0.29) is 12.3 Å². The first-order chi connectivity index (χ1) is 28.2. The molecule has 0 fully saturated rings. The molecule has 6 heteroatoms. The summed E-state index contributed by atoms with van der Waals surface area (Å²) in [5, 5.41) is 14.8. The highest BCUT2D eigenvalue weighted by Crippen LogP contribution is 2.43. The van der Waals surface area contributed by atoms with Gasteiger partial charge in [0.2, 0.25) is 0 Å². The molecule has 0 saturated heterocycles. The van der Waals surface area contributed by atoms with Gasteiger partial charge in [0, 0.05) is 64.1 Å². The molecule has 12 rings (SSSR count). The lowest BCUT2D eigenvalue weighted by Gasteiger charge is -2.32. The molecule has 2 atom stereocenters. The standard InChI is InChI=1S/C51H34N4OS/c1-3-13-31(14-4-1)49-52-50(32-15-5-2-6-16-32)54-51(53-49)39-21-12-24-44-47(39)38-20-11-19-35(48(38)56-44)33-25-27-45-40(29-33)41-30-34(26-28-46(41)57-45)55-42-22-9-7-17-36(42)37-18-8-10-23-43(37)55/h1-30,49,51,53H,(H,52,54). The van der Waals surface area contributed by atoms with E-state index in [9.17, 15) is 0 Å². The number of nitrogens with zero attached hydrogens (tertiary/aromatic N) is 2. The number of benzene rings is 8. The quantitative estimate of drug-likeness (QED) is 0.184. The lowest BCUT2D eigenvalue weighted by atomic mass is 9.98. The van der Waals surface area contributed by atoms with E-state index in [0.717, 1.165) is 61.3 Å². The first-order valence-electron chi connectivity index (χ1n) is 19.4. The van der Waals surface area contributed by atoms with E-state index in [1.807, 2.05) is 23.5 Å². The van der Waals surface area contributed by atoms with E-state index in [2.05, 4.69) is 185 Å². The minimum absolute atomic E-state index is 0.215. The van der Waals surface area contributed by atoms with Gasteiger partial charge in [-0.2, -0.15) is 0 Å². The molecule has 8 aromatic carbocycles. The van der Waals surface area contributed by atoms with Crippen LogP contribution in [0.1, 0.15) is 29.0 Å². The van der Waals surface area contributed by atoms with Crippen molar-refractivity contribution in [3.05, 3.63) is 199 Å². The summed E-state index contributed by atoms with van der Waals surface area (Å²) in [5.41, 5.74) is 10.8. The highest BCUT2D eigenvalue weighted by Gasteiger charge is 2.28. The Morgan fingerprint density at radius 2 is 1.21 bits per heavy atom. The first kappa shape index (κ1) is 32.3. The SMILES string of the molecule is c1ccc(C2=NC(c3ccccc3)NC(c3cccc4oc5c(-c6ccc7sc8ccc(-n9c%10ccccc%10c%10ccccc%109)cc8c7c6)cccc5c34)N2)cc1. The third-order valence-electron chi connectivity index (χ3n) is 11.5. The molecule has 11 aromatic rings. The lowest BCUT2D eigenvalue weighted by Crippen LogP contribution is -2.45. The maximum atomic E-state index is 6.84. The zero-order chi connectivity index (χ0) is 37.5. The van der Waals surface area contributed by atoms with Crippen LogP contribution in [0.2, 0.25) is 0 Å². The summed E-state index contributed by atoms with van der Waals surface area (Å²) < 4.78 is 11.8. The summed E-state index contributed by atoms with van der Waals surface area (Å²) in [5.74, 6) is 0.858. The molecule has 1 aliphatic heterocycles. The predicted molar refractivity (Wildman–Crippen MR) is 238 cm³/mol. The second-order valence-corrected chi connectivity index (χ2v) is 15.9. The monoisotopic (exact) mass is 750 g/mol. The van der Waals surface area contributed by atoms with Crippen LogP contribution in [-0.4, -0.2) is 10.4 Å². The third-order valence-corrected chi connectivity index (χ3v) is 12.6. The van der Waals surface area contributed by atoms with Crippen LogP contribution in [0.15, 0.2) is 191 Å². The van der Waals surface area contributed by atoms with E-state index < -0.39 is 0 Å². The van der Waals surface area contributed by atoms with Crippen molar-refractivity contribution in [2.24, 2.45) is 4.99 Å². The molecule has 2 N–H and O–H groups in total. The third kappa shape index (κ3) is 5.15. The zero-order valence-electron chi connectivity index (χ0n) is 30.7. The number of amidine groups is 1. The summed E-state index contributed by atoms with van der Waals surface area (Å²) in [6, 6.07) is 64.9. The number of hydrogen-bond acceptors (Lipinski definition) is 5. The minimum Gasteiger partial charge on any atom is -0.455 e. The molecule has 3 aromatic heterocycles. The summed E-state index contributed by atoms with van der Waals surface area (Å²) in [6.45, 7) is 0. The van der Waals surface area contributed by atoms with E-state index >= 15 is 0 Å². The van der Waals surface area contributed by atoms with Crippen LogP contribution in [0.4, 0.5) is 0 Å². The Kier molecular flexibility index (Phi) is 7.24. The maximum Gasteiger partial charge on any atom is 0.143 e. The van der Waals surface area contributed by atoms with Crippen LogP contribution in [0.25, 0.3) is 80.7 Å². The van der Waals surface area contributed by atoms with Gasteiger partial charge < -0.3 is 14.3 Å². The molecule has 0 spiro atoms. The summed E-state index contributed by atoms with van der Waals surface area (Å²) in [7, 11) is 0. The highest BCUT2D eigenvalue weighted by molar-refractivity contribution is 7.25. The second-order valence-electron chi connectivity index (χ2n) is 14.8. The normalized spacial score (nSPS) is 15.9. The summed E-state index contributed by atoms with van der Waals surface area (Å²) in [4.78, 5) is 5.14. The summed E-state index contributed by atoms with van der Waals surface area (Å²) in [6.07, 6.45) is -0.437. The van der Waals surface area contributed by atoms with Gasteiger partial charge in [0.15, 0.2) is 0 Å². The van der Waals surface area contributed by atoms with Gasteiger partial charge >= 0.3 is 0 Å². The van der Waals surface area contributed by atoms with Crippen molar-refractivity contribution in [3.63, 3.8) is 0 Å². The van der Waals surface area contributed by atoms with Gasteiger partial charge in [0.1, 0.15) is 29.3 Å². The van der Waals surface area contributed by atoms with Crippen molar-refractivity contribution in [1.29, 1.82) is 0 Å². The Morgan fingerprint density at radius 1 is 0.544 bits per heavy atom. The van der Waals surface area contributed by atoms with Crippen LogP contribution >= 0.6 is 11.3 Å². The van der Waals surface area contributed by atoms with Crippen molar-refractivity contribution in [3.8, 4) is 16.8 Å². The molecule has 0 amide bonds. The molecule has 0 aliphatic carbocycles. The predicted octanol–water partition coefficient (Wildman–Crippen LogP) is 13.1.